The summed E-state index contributed by atoms with van der Waals surface area (Å²) in [5.41, 5.74) is 5.12. The Hall–Kier alpha value is -2.54. The minimum Gasteiger partial charge on any atom is -0.355 e. The number of nitrogens with one attached hydrogen (secondary N) is 3. The first-order valence-corrected chi connectivity index (χ1v) is 11.1. The Morgan fingerprint density at radius 1 is 1.00 bits per heavy atom. The molecule has 2 aromatic rings. The summed E-state index contributed by atoms with van der Waals surface area (Å²) in [6.45, 7) is 3.58. The van der Waals surface area contributed by atoms with E-state index in [1.165, 1.54) is 5.56 Å². The number of hydroxylamine groups is 1. The van der Waals surface area contributed by atoms with E-state index < -0.39 is 12.1 Å². The predicted octanol–water partition coefficient (Wildman–Crippen LogP) is 3.95. The van der Waals surface area contributed by atoms with Gasteiger partial charge in [0.25, 0.3) is 0 Å². The molecule has 0 aliphatic carbocycles. The lowest BCUT2D eigenvalue weighted by atomic mass is 10.1. The van der Waals surface area contributed by atoms with Crippen molar-refractivity contribution < 1.29 is 17.3 Å². The number of hydrogen-bond donors (Lipinski definition) is 3. The summed E-state index contributed by atoms with van der Waals surface area (Å²) < 4.78 is 0. The third-order valence-corrected chi connectivity index (χ3v) is 4.97. The third-order valence-electron chi connectivity index (χ3n) is 4.97. The molecule has 32 heavy (non-hydrogen) atoms. The maximum absolute atomic E-state index is 12.6. The first kappa shape index (κ1) is 27.5. The first-order valence-electron chi connectivity index (χ1n) is 11.1. The van der Waals surface area contributed by atoms with Crippen molar-refractivity contribution in [2.75, 3.05) is 19.7 Å². The number of rotatable bonds is 16. The molecule has 3 N–H and O–H groups in total. The summed E-state index contributed by atoms with van der Waals surface area (Å²) in [4.78, 5) is 29.5. The SMILES string of the molecule is C.CCCCNC(=O)C(CONC(C=O)Cc1ccccc1)NCCCc1ccccc1.[HH].[HH]. The highest BCUT2D eigenvalue weighted by Crippen LogP contribution is 2.03. The Morgan fingerprint density at radius 3 is 2.28 bits per heavy atom. The molecule has 0 aromatic heterocycles. The normalized spacial score (nSPS) is 12.4. The van der Waals surface area contributed by atoms with Crippen molar-refractivity contribution in [3.63, 3.8) is 0 Å². The number of unbranched alkanes of at least 4 members (excludes halogenated alkanes) is 1. The fraction of sp³-hybridized carbons (Fsp3) is 0.462. The molecule has 0 aliphatic heterocycles. The van der Waals surface area contributed by atoms with Gasteiger partial charge < -0.3 is 15.4 Å². The maximum atomic E-state index is 12.6. The molecule has 0 spiro atoms. The van der Waals surface area contributed by atoms with Crippen LogP contribution in [-0.4, -0.2) is 44.0 Å². The molecular weight excluding hydrogens is 402 g/mol. The van der Waals surface area contributed by atoms with E-state index in [0.717, 1.165) is 37.5 Å². The van der Waals surface area contributed by atoms with Gasteiger partial charge in [-0.3, -0.25) is 9.63 Å². The van der Waals surface area contributed by atoms with Crippen molar-refractivity contribution in [3.8, 4) is 0 Å². The fourth-order valence-electron chi connectivity index (χ4n) is 3.18. The summed E-state index contributed by atoms with van der Waals surface area (Å²) >= 11 is 0. The van der Waals surface area contributed by atoms with E-state index in [1.54, 1.807) is 0 Å². The van der Waals surface area contributed by atoms with Crippen LogP contribution in [0.3, 0.4) is 0 Å². The maximum Gasteiger partial charge on any atom is 0.239 e. The van der Waals surface area contributed by atoms with Crippen LogP contribution in [0.2, 0.25) is 0 Å². The van der Waals surface area contributed by atoms with Gasteiger partial charge in [-0.1, -0.05) is 81.4 Å². The minimum atomic E-state index is -0.482. The summed E-state index contributed by atoms with van der Waals surface area (Å²) in [6, 6.07) is 19.1. The van der Waals surface area contributed by atoms with E-state index in [9.17, 15) is 9.59 Å². The number of amides is 1. The lowest BCUT2D eigenvalue weighted by Crippen LogP contribution is -2.49. The van der Waals surface area contributed by atoms with Crippen LogP contribution >= 0.6 is 0 Å². The van der Waals surface area contributed by atoms with Crippen molar-refractivity contribution in [1.82, 2.24) is 16.1 Å². The van der Waals surface area contributed by atoms with Crippen LogP contribution in [0.25, 0.3) is 0 Å². The second kappa shape index (κ2) is 17.1. The quantitative estimate of drug-likeness (QED) is 0.207. The summed E-state index contributed by atoms with van der Waals surface area (Å²) in [5.74, 6) is -0.0827. The van der Waals surface area contributed by atoms with Gasteiger partial charge in [-0.05, 0) is 43.4 Å². The number of hydrogen-bond acceptors (Lipinski definition) is 5. The molecule has 6 nitrogen and oxygen atoms in total. The molecule has 0 radical (unpaired) electrons. The average molecular weight is 446 g/mol. The number of aryl methyl sites for hydroxylation is 1. The zero-order chi connectivity index (χ0) is 22.2. The van der Waals surface area contributed by atoms with E-state index in [-0.39, 0.29) is 22.8 Å². The van der Waals surface area contributed by atoms with Crippen LogP contribution in [0, 0.1) is 0 Å². The largest absolute Gasteiger partial charge is 0.355 e. The molecule has 2 atom stereocenters. The van der Waals surface area contributed by atoms with Crippen LogP contribution in [0.4, 0.5) is 0 Å². The standard InChI is InChI=1S/C25H35N3O3.CH4.2H2/c1-2-3-16-27-25(30)24(26-17-10-15-21-11-6-4-7-12-21)20-31-28-23(19-29)18-22-13-8-5-9-14-22;;;/h4-9,11-14,19,23-24,26,28H,2-3,10,15-18,20H2,1H3,(H,27,30);1H4;2*1H. The topological polar surface area (TPSA) is 79.5 Å². The van der Waals surface area contributed by atoms with Gasteiger partial charge in [0.05, 0.1) is 12.6 Å². The Labute approximate surface area is 196 Å². The Bertz CT molecular complexity index is 751. The lowest BCUT2D eigenvalue weighted by Gasteiger charge is -2.20. The van der Waals surface area contributed by atoms with Crippen LogP contribution in [0.15, 0.2) is 60.7 Å². The monoisotopic (exact) mass is 445 g/mol. The molecule has 0 heterocycles. The predicted molar refractivity (Wildman–Crippen MR) is 135 cm³/mol. The van der Waals surface area contributed by atoms with Gasteiger partial charge in [0, 0.05) is 9.40 Å². The minimum absolute atomic E-state index is 0. The van der Waals surface area contributed by atoms with Gasteiger partial charge in [-0.2, -0.15) is 5.48 Å². The van der Waals surface area contributed by atoms with E-state index in [4.69, 9.17) is 4.84 Å². The molecule has 6 heteroatoms. The molecule has 2 rings (SSSR count). The zero-order valence-electron chi connectivity index (χ0n) is 18.4. The van der Waals surface area contributed by atoms with Gasteiger partial charge in [-0.25, -0.2) is 0 Å². The van der Waals surface area contributed by atoms with Crippen LogP contribution in [0.5, 0.6) is 0 Å². The van der Waals surface area contributed by atoms with Gasteiger partial charge in [-0.15, -0.1) is 0 Å². The summed E-state index contributed by atoms with van der Waals surface area (Å²) in [7, 11) is 0. The number of carbonyl (C=O) groups is 2. The highest BCUT2D eigenvalue weighted by atomic mass is 16.6. The number of carbonyl (C=O) groups excluding carboxylic acids is 2. The molecule has 2 unspecified atom stereocenters. The molecule has 0 fully saturated rings. The van der Waals surface area contributed by atoms with E-state index in [1.807, 2.05) is 48.5 Å². The second-order valence-corrected chi connectivity index (χ2v) is 7.60. The van der Waals surface area contributed by atoms with Crippen LogP contribution in [0.1, 0.15) is 47.6 Å². The van der Waals surface area contributed by atoms with Gasteiger partial charge in [0.2, 0.25) is 5.91 Å². The third kappa shape index (κ3) is 11.2. The molecule has 0 bridgehead atoms. The smallest absolute Gasteiger partial charge is 0.239 e. The lowest BCUT2D eigenvalue weighted by molar-refractivity contribution is -0.126. The van der Waals surface area contributed by atoms with Crippen molar-refractivity contribution in [2.45, 2.75) is 58.5 Å². The Kier molecular flexibility index (Phi) is 14.7. The summed E-state index contributed by atoms with van der Waals surface area (Å²) in [6.07, 6.45) is 5.19. The van der Waals surface area contributed by atoms with E-state index in [2.05, 4.69) is 35.2 Å². The van der Waals surface area contributed by atoms with E-state index in [0.29, 0.717) is 19.5 Å². The van der Waals surface area contributed by atoms with E-state index >= 15 is 0 Å². The summed E-state index contributed by atoms with van der Waals surface area (Å²) in [5, 5.41) is 6.25. The second-order valence-electron chi connectivity index (χ2n) is 7.60. The van der Waals surface area contributed by atoms with Gasteiger partial charge in [0.15, 0.2) is 0 Å². The fourth-order valence-corrected chi connectivity index (χ4v) is 3.18. The Balaban J connectivity index is 0. The highest BCUT2D eigenvalue weighted by Gasteiger charge is 2.19. The van der Waals surface area contributed by atoms with Crippen molar-refractivity contribution >= 4 is 12.2 Å². The molecule has 180 valence electrons. The molecule has 0 saturated heterocycles. The Morgan fingerprint density at radius 2 is 1.66 bits per heavy atom. The zero-order valence-corrected chi connectivity index (χ0v) is 18.4. The molecule has 0 aliphatic rings. The van der Waals surface area contributed by atoms with Crippen molar-refractivity contribution in [3.05, 3.63) is 71.8 Å². The van der Waals surface area contributed by atoms with Crippen LogP contribution in [-0.2, 0) is 27.3 Å². The van der Waals surface area contributed by atoms with Gasteiger partial charge in [0.1, 0.15) is 12.3 Å². The van der Waals surface area contributed by atoms with Crippen molar-refractivity contribution in [1.29, 1.82) is 0 Å². The average Bonchev–Trinajstić information content (AvgIpc) is 2.81. The first-order chi connectivity index (χ1) is 15.2. The molecular formula is C26H43N3O3. The van der Waals surface area contributed by atoms with Crippen molar-refractivity contribution in [2.24, 2.45) is 0 Å². The molecule has 1 amide bonds. The highest BCUT2D eigenvalue weighted by molar-refractivity contribution is 5.81. The van der Waals surface area contributed by atoms with Crippen LogP contribution < -0.4 is 16.1 Å². The number of benzene rings is 2. The van der Waals surface area contributed by atoms with Gasteiger partial charge >= 0.3 is 0 Å². The molecule has 0 saturated carbocycles. The number of aldehydes is 1. The molecule has 2 aromatic carbocycles.